The smallest absolute Gasteiger partial charge is 0.281 e. The van der Waals surface area contributed by atoms with Crippen LogP contribution in [0.25, 0.3) is 0 Å². The van der Waals surface area contributed by atoms with Gasteiger partial charge in [-0.15, -0.1) is 0 Å². The summed E-state index contributed by atoms with van der Waals surface area (Å²) in [6.45, 7) is 9.73. The van der Waals surface area contributed by atoms with Gasteiger partial charge in [0.1, 0.15) is 0 Å². The molecule has 0 amide bonds. The molecule has 0 radical (unpaired) electrons. The lowest BCUT2D eigenvalue weighted by molar-refractivity contribution is 0.342. The van der Waals surface area contributed by atoms with Gasteiger partial charge in [-0.1, -0.05) is 27.7 Å². The van der Waals surface area contributed by atoms with E-state index in [9.17, 15) is 8.42 Å². The van der Waals surface area contributed by atoms with E-state index in [0.29, 0.717) is 32.0 Å². The van der Waals surface area contributed by atoms with E-state index >= 15 is 0 Å². The summed E-state index contributed by atoms with van der Waals surface area (Å²) in [6, 6.07) is 0.0449. The van der Waals surface area contributed by atoms with Crippen LogP contribution in [0.2, 0.25) is 0 Å². The molecule has 0 fully saturated rings. The summed E-state index contributed by atoms with van der Waals surface area (Å²) in [6.07, 6.45) is 2.36. The van der Waals surface area contributed by atoms with Crippen molar-refractivity contribution in [1.82, 2.24) is 8.61 Å². The van der Waals surface area contributed by atoms with Gasteiger partial charge in [-0.05, 0) is 25.2 Å². The third-order valence-electron chi connectivity index (χ3n) is 3.30. The summed E-state index contributed by atoms with van der Waals surface area (Å²) in [5, 5.41) is 0. The van der Waals surface area contributed by atoms with Crippen molar-refractivity contribution in [3.8, 4) is 0 Å². The standard InChI is InChI=1S/C13H31N3O2S/c1-6-9-16(10-7-2)19(17,18)15(5)11-8-13(14)12(3)4/h12-13H,6-11,14H2,1-5H3. The van der Waals surface area contributed by atoms with Gasteiger partial charge >= 0.3 is 0 Å². The summed E-state index contributed by atoms with van der Waals surface area (Å²) in [5.74, 6) is 0.374. The number of rotatable bonds is 10. The van der Waals surface area contributed by atoms with Crippen LogP contribution in [0.15, 0.2) is 0 Å². The number of nitrogens with two attached hydrogens (primary N) is 1. The van der Waals surface area contributed by atoms with Gasteiger partial charge in [-0.25, -0.2) is 0 Å². The molecule has 0 saturated heterocycles. The molecule has 0 saturated carbocycles. The topological polar surface area (TPSA) is 66.6 Å². The van der Waals surface area contributed by atoms with Gasteiger partial charge < -0.3 is 5.73 Å². The molecule has 0 aliphatic carbocycles. The van der Waals surface area contributed by atoms with E-state index in [-0.39, 0.29) is 6.04 Å². The van der Waals surface area contributed by atoms with Crippen LogP contribution >= 0.6 is 0 Å². The van der Waals surface area contributed by atoms with Crippen LogP contribution in [-0.4, -0.2) is 49.8 Å². The molecule has 1 atom stereocenters. The molecule has 0 aliphatic heterocycles. The van der Waals surface area contributed by atoms with Gasteiger partial charge in [-0.3, -0.25) is 0 Å². The lowest BCUT2D eigenvalue weighted by atomic mass is 10.0. The second-order valence-electron chi connectivity index (χ2n) is 5.42. The van der Waals surface area contributed by atoms with Gasteiger partial charge in [0.15, 0.2) is 0 Å². The van der Waals surface area contributed by atoms with E-state index in [4.69, 9.17) is 5.73 Å². The highest BCUT2D eigenvalue weighted by Gasteiger charge is 2.25. The Balaban J connectivity index is 4.59. The minimum Gasteiger partial charge on any atom is -0.327 e. The van der Waals surface area contributed by atoms with Crippen molar-refractivity contribution < 1.29 is 8.42 Å². The minimum atomic E-state index is -3.34. The SMILES string of the molecule is CCCN(CCC)S(=O)(=O)N(C)CCC(N)C(C)C. The summed E-state index contributed by atoms with van der Waals surface area (Å²) in [4.78, 5) is 0. The molecule has 0 spiro atoms. The first-order chi connectivity index (χ1) is 8.77. The van der Waals surface area contributed by atoms with Crippen molar-refractivity contribution in [1.29, 1.82) is 0 Å². The van der Waals surface area contributed by atoms with Gasteiger partial charge in [0.25, 0.3) is 10.2 Å². The molecule has 5 nitrogen and oxygen atoms in total. The van der Waals surface area contributed by atoms with Crippen LogP contribution in [0.3, 0.4) is 0 Å². The Morgan fingerprint density at radius 3 is 1.89 bits per heavy atom. The first kappa shape index (κ1) is 18.8. The molecule has 116 valence electrons. The summed E-state index contributed by atoms with van der Waals surface area (Å²) in [7, 11) is -1.70. The van der Waals surface area contributed by atoms with E-state index in [2.05, 4.69) is 13.8 Å². The highest BCUT2D eigenvalue weighted by atomic mass is 32.2. The van der Waals surface area contributed by atoms with Crippen molar-refractivity contribution in [2.75, 3.05) is 26.7 Å². The maximum atomic E-state index is 12.4. The summed E-state index contributed by atoms with van der Waals surface area (Å²) in [5.41, 5.74) is 5.97. The monoisotopic (exact) mass is 293 g/mol. The first-order valence-electron chi connectivity index (χ1n) is 7.24. The largest absolute Gasteiger partial charge is 0.327 e. The zero-order valence-corrected chi connectivity index (χ0v) is 13.9. The van der Waals surface area contributed by atoms with E-state index in [1.165, 1.54) is 4.31 Å². The fraction of sp³-hybridized carbons (Fsp3) is 1.00. The Hall–Kier alpha value is -0.170. The molecular weight excluding hydrogens is 262 g/mol. The van der Waals surface area contributed by atoms with Crippen molar-refractivity contribution in [2.45, 2.75) is 53.0 Å². The first-order valence-corrected chi connectivity index (χ1v) is 8.64. The molecule has 0 aliphatic rings. The Morgan fingerprint density at radius 2 is 1.53 bits per heavy atom. The summed E-state index contributed by atoms with van der Waals surface area (Å²) >= 11 is 0. The Labute approximate surface area is 119 Å². The molecule has 0 aromatic rings. The molecule has 0 aromatic carbocycles. The maximum Gasteiger partial charge on any atom is 0.281 e. The molecule has 0 aromatic heterocycles. The maximum absolute atomic E-state index is 12.4. The average molecular weight is 293 g/mol. The van der Waals surface area contributed by atoms with Crippen molar-refractivity contribution in [2.24, 2.45) is 11.7 Å². The molecule has 0 rings (SSSR count). The lowest BCUT2D eigenvalue weighted by Gasteiger charge is -2.28. The molecule has 0 bridgehead atoms. The predicted octanol–water partition coefficient (Wildman–Crippen LogP) is 1.66. The molecule has 19 heavy (non-hydrogen) atoms. The third kappa shape index (κ3) is 6.21. The molecule has 6 heteroatoms. The minimum absolute atomic E-state index is 0.0449. The lowest BCUT2D eigenvalue weighted by Crippen LogP contribution is -2.44. The number of hydrogen-bond donors (Lipinski definition) is 1. The molecular formula is C13H31N3O2S. The van der Waals surface area contributed by atoms with Crippen LogP contribution in [0.5, 0.6) is 0 Å². The Bertz CT molecular complexity index is 325. The zero-order valence-electron chi connectivity index (χ0n) is 13.1. The zero-order chi connectivity index (χ0) is 15.1. The fourth-order valence-electron chi connectivity index (χ4n) is 1.82. The van der Waals surface area contributed by atoms with Crippen LogP contribution in [0.1, 0.15) is 47.0 Å². The van der Waals surface area contributed by atoms with E-state index in [0.717, 1.165) is 12.8 Å². The van der Waals surface area contributed by atoms with Gasteiger partial charge in [0.05, 0.1) is 0 Å². The highest BCUT2D eigenvalue weighted by Crippen LogP contribution is 2.11. The van der Waals surface area contributed by atoms with E-state index in [1.807, 2.05) is 13.8 Å². The Morgan fingerprint density at radius 1 is 1.05 bits per heavy atom. The quantitative estimate of drug-likeness (QED) is 0.666. The van der Waals surface area contributed by atoms with Gasteiger partial charge in [-0.2, -0.15) is 17.0 Å². The van der Waals surface area contributed by atoms with Crippen LogP contribution in [-0.2, 0) is 10.2 Å². The average Bonchev–Trinajstić information content (AvgIpc) is 2.34. The fourth-order valence-corrected chi connectivity index (χ4v) is 3.37. The number of nitrogens with zero attached hydrogens (tertiary/aromatic N) is 2. The Kier molecular flexibility index (Phi) is 8.81. The van der Waals surface area contributed by atoms with Crippen LogP contribution in [0, 0.1) is 5.92 Å². The van der Waals surface area contributed by atoms with Crippen LogP contribution < -0.4 is 5.73 Å². The van der Waals surface area contributed by atoms with E-state index in [1.54, 1.807) is 11.4 Å². The third-order valence-corrected chi connectivity index (χ3v) is 5.29. The van der Waals surface area contributed by atoms with Gasteiger partial charge in [0.2, 0.25) is 0 Å². The van der Waals surface area contributed by atoms with Crippen LogP contribution in [0.4, 0.5) is 0 Å². The molecule has 2 N–H and O–H groups in total. The second-order valence-corrected chi connectivity index (χ2v) is 7.46. The second kappa shape index (κ2) is 8.89. The normalized spacial score (nSPS) is 14.6. The molecule has 1 unspecified atom stereocenters. The van der Waals surface area contributed by atoms with Crippen molar-refractivity contribution >= 4 is 10.2 Å². The highest BCUT2D eigenvalue weighted by molar-refractivity contribution is 7.86. The summed E-state index contributed by atoms with van der Waals surface area (Å²) < 4.78 is 27.8. The van der Waals surface area contributed by atoms with E-state index < -0.39 is 10.2 Å². The van der Waals surface area contributed by atoms with Gasteiger partial charge in [0, 0.05) is 32.7 Å². The molecule has 0 heterocycles. The van der Waals surface area contributed by atoms with Crippen molar-refractivity contribution in [3.63, 3.8) is 0 Å². The predicted molar refractivity (Wildman–Crippen MR) is 81.1 cm³/mol. The van der Waals surface area contributed by atoms with Crippen molar-refractivity contribution in [3.05, 3.63) is 0 Å². The number of hydrogen-bond acceptors (Lipinski definition) is 3.